The Kier molecular flexibility index (Phi) is 5.50. The molecule has 0 aliphatic heterocycles. The van der Waals surface area contributed by atoms with Gasteiger partial charge in [-0.25, -0.2) is 5.43 Å². The van der Waals surface area contributed by atoms with Crippen LogP contribution in [0.3, 0.4) is 0 Å². The molecular weight excluding hydrogens is 388 g/mol. The lowest BCUT2D eigenvalue weighted by atomic mass is 10.1. The van der Waals surface area contributed by atoms with E-state index in [0.29, 0.717) is 0 Å². The fourth-order valence-corrected chi connectivity index (χ4v) is 3.55. The van der Waals surface area contributed by atoms with Gasteiger partial charge >= 0.3 is 0 Å². The van der Waals surface area contributed by atoms with Gasteiger partial charge in [0.1, 0.15) is 11.8 Å². The summed E-state index contributed by atoms with van der Waals surface area (Å²) >= 11 is 0. The minimum Gasteiger partial charge on any atom is -0.507 e. The van der Waals surface area contributed by atoms with Crippen LogP contribution in [0.15, 0.2) is 84.1 Å². The smallest absolute Gasteiger partial charge is 0.271 e. The van der Waals surface area contributed by atoms with Gasteiger partial charge in [-0.05, 0) is 42.8 Å². The molecule has 31 heavy (non-hydrogen) atoms. The van der Waals surface area contributed by atoms with Crippen molar-refractivity contribution in [1.29, 1.82) is 5.26 Å². The molecule has 0 spiro atoms. The van der Waals surface area contributed by atoms with Crippen molar-refractivity contribution in [2.75, 3.05) is 0 Å². The molecule has 0 saturated carbocycles. The Morgan fingerprint density at radius 1 is 1.13 bits per heavy atom. The van der Waals surface area contributed by atoms with Crippen molar-refractivity contribution >= 4 is 23.0 Å². The molecule has 1 unspecified atom stereocenters. The van der Waals surface area contributed by atoms with Crippen LogP contribution in [0.2, 0.25) is 0 Å². The summed E-state index contributed by atoms with van der Waals surface area (Å²) in [4.78, 5) is 12.3. The largest absolute Gasteiger partial charge is 0.507 e. The standard InChI is InChI=1S/C25H20N4O2/c1-17(18-6-3-2-4-7-18)29-13-12-22-20(8-5-9-23(22)29)16-27-28-25(31)19-10-11-24(30)21(14-19)15-26/h2-14,16-17,30H,1H3,(H,28,31)/b27-16+. The minimum atomic E-state index is -0.463. The lowest BCUT2D eigenvalue weighted by Gasteiger charge is -2.16. The second-order valence-corrected chi connectivity index (χ2v) is 7.13. The Labute approximate surface area is 179 Å². The summed E-state index contributed by atoms with van der Waals surface area (Å²) in [6, 6.07) is 24.4. The predicted molar refractivity (Wildman–Crippen MR) is 120 cm³/mol. The molecule has 6 heteroatoms. The van der Waals surface area contributed by atoms with Crippen molar-refractivity contribution in [3.63, 3.8) is 0 Å². The molecule has 0 saturated heterocycles. The molecule has 152 valence electrons. The maximum absolute atomic E-state index is 12.3. The number of hydrazone groups is 1. The van der Waals surface area contributed by atoms with Gasteiger partial charge in [0.15, 0.2) is 0 Å². The fourth-order valence-electron chi connectivity index (χ4n) is 3.55. The van der Waals surface area contributed by atoms with Crippen molar-refractivity contribution in [1.82, 2.24) is 9.99 Å². The molecule has 6 nitrogen and oxygen atoms in total. The van der Waals surface area contributed by atoms with Crippen LogP contribution in [0.1, 0.15) is 40.0 Å². The highest BCUT2D eigenvalue weighted by molar-refractivity contribution is 6.00. The molecule has 0 aliphatic rings. The number of carbonyl (C=O) groups is 1. The van der Waals surface area contributed by atoms with Crippen molar-refractivity contribution in [3.05, 3.63) is 101 Å². The highest BCUT2D eigenvalue weighted by Gasteiger charge is 2.12. The molecule has 1 amide bonds. The molecule has 0 fully saturated rings. The van der Waals surface area contributed by atoms with Crippen LogP contribution in [-0.2, 0) is 0 Å². The van der Waals surface area contributed by atoms with Crippen molar-refractivity contribution in [3.8, 4) is 11.8 Å². The van der Waals surface area contributed by atoms with Gasteiger partial charge < -0.3 is 9.67 Å². The second kappa shape index (κ2) is 8.56. The number of amides is 1. The average molecular weight is 408 g/mol. The van der Waals surface area contributed by atoms with E-state index >= 15 is 0 Å². The molecule has 3 aromatic carbocycles. The third-order valence-corrected chi connectivity index (χ3v) is 5.24. The monoisotopic (exact) mass is 408 g/mol. The maximum Gasteiger partial charge on any atom is 0.271 e. The molecular formula is C25H20N4O2. The average Bonchev–Trinajstić information content (AvgIpc) is 3.24. The number of nitrogens with one attached hydrogen (secondary N) is 1. The van der Waals surface area contributed by atoms with Crippen LogP contribution >= 0.6 is 0 Å². The van der Waals surface area contributed by atoms with Crippen LogP contribution in [0, 0.1) is 11.3 Å². The van der Waals surface area contributed by atoms with E-state index in [-0.39, 0.29) is 22.9 Å². The summed E-state index contributed by atoms with van der Waals surface area (Å²) in [7, 11) is 0. The van der Waals surface area contributed by atoms with E-state index in [0.717, 1.165) is 16.5 Å². The number of nitriles is 1. The van der Waals surface area contributed by atoms with Gasteiger partial charge in [-0.15, -0.1) is 0 Å². The van der Waals surface area contributed by atoms with Crippen molar-refractivity contribution in [2.24, 2.45) is 5.10 Å². The van der Waals surface area contributed by atoms with E-state index in [2.05, 4.69) is 46.4 Å². The number of phenolic OH excluding ortho intramolecular Hbond substituents is 1. The summed E-state index contributed by atoms with van der Waals surface area (Å²) < 4.78 is 2.21. The number of aromatic hydroxyl groups is 1. The maximum atomic E-state index is 12.3. The molecule has 1 atom stereocenters. The zero-order chi connectivity index (χ0) is 21.8. The summed E-state index contributed by atoms with van der Waals surface area (Å²) in [5, 5.41) is 23.7. The highest BCUT2D eigenvalue weighted by Crippen LogP contribution is 2.26. The van der Waals surface area contributed by atoms with Gasteiger partial charge in [-0.2, -0.15) is 10.4 Å². The topological polar surface area (TPSA) is 90.4 Å². The first-order valence-electron chi connectivity index (χ1n) is 9.79. The second-order valence-electron chi connectivity index (χ2n) is 7.13. The Balaban J connectivity index is 1.55. The third kappa shape index (κ3) is 4.02. The summed E-state index contributed by atoms with van der Waals surface area (Å²) in [6.07, 6.45) is 3.65. The number of hydrogen-bond donors (Lipinski definition) is 2. The number of rotatable bonds is 5. The number of fused-ring (bicyclic) bond motifs is 1. The Morgan fingerprint density at radius 3 is 2.71 bits per heavy atom. The number of aromatic nitrogens is 1. The van der Waals surface area contributed by atoms with E-state index in [1.165, 1.54) is 23.8 Å². The van der Waals surface area contributed by atoms with Gasteiger partial charge in [0.05, 0.1) is 17.8 Å². The molecule has 0 bridgehead atoms. The normalized spacial score (nSPS) is 12.0. The van der Waals surface area contributed by atoms with E-state index < -0.39 is 5.91 Å². The fraction of sp³-hybridized carbons (Fsp3) is 0.0800. The molecule has 0 aliphatic carbocycles. The van der Waals surface area contributed by atoms with Crippen LogP contribution in [0.4, 0.5) is 0 Å². The van der Waals surface area contributed by atoms with E-state index in [9.17, 15) is 9.90 Å². The van der Waals surface area contributed by atoms with Gasteiger partial charge in [0, 0.05) is 28.2 Å². The molecule has 1 heterocycles. The minimum absolute atomic E-state index is 0.0373. The number of hydrogen-bond acceptors (Lipinski definition) is 4. The molecule has 1 aromatic heterocycles. The predicted octanol–water partition coefficient (Wildman–Crippen LogP) is 4.59. The first-order chi connectivity index (χ1) is 15.1. The highest BCUT2D eigenvalue weighted by atomic mass is 16.3. The Bertz CT molecular complexity index is 1320. The number of phenols is 1. The van der Waals surface area contributed by atoms with E-state index in [4.69, 9.17) is 5.26 Å². The first-order valence-corrected chi connectivity index (χ1v) is 9.79. The lowest BCUT2D eigenvalue weighted by Crippen LogP contribution is -2.17. The zero-order valence-corrected chi connectivity index (χ0v) is 16.9. The van der Waals surface area contributed by atoms with Crippen LogP contribution < -0.4 is 5.43 Å². The number of carbonyl (C=O) groups excluding carboxylic acids is 1. The number of nitrogens with zero attached hydrogens (tertiary/aromatic N) is 3. The van der Waals surface area contributed by atoms with Crippen molar-refractivity contribution in [2.45, 2.75) is 13.0 Å². The van der Waals surface area contributed by atoms with Gasteiger partial charge in [-0.3, -0.25) is 4.79 Å². The lowest BCUT2D eigenvalue weighted by molar-refractivity contribution is 0.0955. The van der Waals surface area contributed by atoms with Crippen LogP contribution in [-0.4, -0.2) is 21.8 Å². The van der Waals surface area contributed by atoms with Gasteiger partial charge in [-0.1, -0.05) is 42.5 Å². The first kappa shape index (κ1) is 19.9. The Morgan fingerprint density at radius 2 is 1.94 bits per heavy atom. The molecule has 2 N–H and O–H groups in total. The van der Waals surface area contributed by atoms with Gasteiger partial charge in [0.25, 0.3) is 5.91 Å². The van der Waals surface area contributed by atoms with E-state index in [1.807, 2.05) is 42.5 Å². The van der Waals surface area contributed by atoms with Crippen LogP contribution in [0.25, 0.3) is 10.9 Å². The number of benzene rings is 3. The van der Waals surface area contributed by atoms with Crippen molar-refractivity contribution < 1.29 is 9.90 Å². The zero-order valence-electron chi connectivity index (χ0n) is 16.9. The summed E-state index contributed by atoms with van der Waals surface area (Å²) in [6.45, 7) is 2.16. The third-order valence-electron chi connectivity index (χ3n) is 5.24. The summed E-state index contributed by atoms with van der Waals surface area (Å²) in [5.74, 6) is -0.626. The van der Waals surface area contributed by atoms with Crippen LogP contribution in [0.5, 0.6) is 5.75 Å². The Hall–Kier alpha value is -4.37. The summed E-state index contributed by atoms with van der Waals surface area (Å²) in [5.41, 5.74) is 5.92. The van der Waals surface area contributed by atoms with E-state index in [1.54, 1.807) is 6.21 Å². The molecule has 0 radical (unpaired) electrons. The van der Waals surface area contributed by atoms with Gasteiger partial charge in [0.2, 0.25) is 0 Å². The molecule has 4 rings (SSSR count). The quantitative estimate of drug-likeness (QED) is 0.374. The SMILES string of the molecule is CC(c1ccccc1)n1ccc2c(/C=N/NC(=O)c3ccc(O)c(C#N)c3)cccc21. The molecule has 4 aromatic rings.